The molecule has 4 aromatic rings. The Bertz CT molecular complexity index is 1230. The van der Waals surface area contributed by atoms with E-state index in [0.29, 0.717) is 26.8 Å². The van der Waals surface area contributed by atoms with Crippen LogP contribution in [0.25, 0.3) is 20.7 Å². The Labute approximate surface area is 179 Å². The van der Waals surface area contributed by atoms with E-state index in [1.165, 1.54) is 27.7 Å². The van der Waals surface area contributed by atoms with Crippen LogP contribution in [0.4, 0.5) is 5.69 Å². The number of fused-ring (bicyclic) bond motifs is 1. The monoisotopic (exact) mass is 443 g/mol. The topological polar surface area (TPSA) is 73.2 Å². The lowest BCUT2D eigenvalue weighted by atomic mass is 10.2. The van der Waals surface area contributed by atoms with Crippen LogP contribution in [0, 0.1) is 0 Å². The molecule has 0 fully saturated rings. The quantitative estimate of drug-likeness (QED) is 0.352. The van der Waals surface area contributed by atoms with Gasteiger partial charge < -0.3 is 10.1 Å². The van der Waals surface area contributed by atoms with E-state index in [1.54, 1.807) is 37.6 Å². The maximum atomic E-state index is 12.9. The van der Waals surface area contributed by atoms with Gasteiger partial charge in [0.25, 0.3) is 5.56 Å². The third-order valence-electron chi connectivity index (χ3n) is 4.25. The predicted octanol–water partition coefficient (Wildman–Crippen LogP) is 4.46. The van der Waals surface area contributed by atoms with Gasteiger partial charge in [0.1, 0.15) is 10.6 Å². The van der Waals surface area contributed by atoms with Gasteiger partial charge in [0, 0.05) is 34.6 Å². The number of carbonyl (C=O) groups is 1. The van der Waals surface area contributed by atoms with E-state index >= 15 is 0 Å². The highest BCUT2D eigenvalue weighted by atomic mass is 32.2. The molecule has 0 aliphatic heterocycles. The number of nitrogens with zero attached hydrogens (tertiary/aromatic N) is 2. The maximum absolute atomic E-state index is 12.9. The Balaban J connectivity index is 1.53. The minimum Gasteiger partial charge on any atom is -0.497 e. The van der Waals surface area contributed by atoms with E-state index < -0.39 is 0 Å². The molecule has 0 bridgehead atoms. The Hall–Kier alpha value is -2.62. The van der Waals surface area contributed by atoms with E-state index in [4.69, 9.17) is 4.74 Å². The molecular formula is C20H17N3O3S3. The van der Waals surface area contributed by atoms with Crippen molar-refractivity contribution < 1.29 is 9.53 Å². The number of anilines is 1. The number of thioether (sulfide) groups is 1. The number of aromatic nitrogens is 2. The van der Waals surface area contributed by atoms with Crippen molar-refractivity contribution in [1.29, 1.82) is 0 Å². The van der Waals surface area contributed by atoms with Crippen molar-refractivity contribution >= 4 is 56.2 Å². The van der Waals surface area contributed by atoms with Crippen LogP contribution in [0.1, 0.15) is 0 Å². The van der Waals surface area contributed by atoms with Gasteiger partial charge in [-0.05, 0) is 23.6 Å². The normalized spacial score (nSPS) is 11.0. The Morgan fingerprint density at radius 1 is 1.28 bits per heavy atom. The molecule has 1 aromatic carbocycles. The molecular weight excluding hydrogens is 426 g/mol. The number of thiophene rings is 2. The summed E-state index contributed by atoms with van der Waals surface area (Å²) >= 11 is 4.28. The highest BCUT2D eigenvalue weighted by molar-refractivity contribution is 7.99. The third kappa shape index (κ3) is 4.07. The summed E-state index contributed by atoms with van der Waals surface area (Å²) in [4.78, 5) is 31.6. The molecule has 29 heavy (non-hydrogen) atoms. The van der Waals surface area contributed by atoms with Crippen LogP contribution in [-0.2, 0) is 11.8 Å². The largest absolute Gasteiger partial charge is 0.497 e. The second kappa shape index (κ2) is 8.40. The minimum atomic E-state index is -0.178. The molecule has 0 saturated carbocycles. The number of ether oxygens (including phenoxy) is 1. The average Bonchev–Trinajstić information content (AvgIpc) is 3.39. The van der Waals surface area contributed by atoms with Gasteiger partial charge in [0.05, 0.1) is 18.2 Å². The van der Waals surface area contributed by atoms with Crippen molar-refractivity contribution in [1.82, 2.24) is 9.55 Å². The molecule has 4 rings (SSSR count). The second-order valence-electron chi connectivity index (χ2n) is 6.13. The van der Waals surface area contributed by atoms with Crippen molar-refractivity contribution in [3.05, 3.63) is 57.5 Å². The standard InChI is InChI=1S/C20H17N3O3S3/c1-23-19(25)17-14(15-7-4-8-27-15)10-28-18(17)22-20(23)29-11-16(24)21-12-5-3-6-13(9-12)26-2/h3-10H,11H2,1-2H3,(H,21,24). The fraction of sp³-hybridized carbons (Fsp3) is 0.150. The fourth-order valence-electron chi connectivity index (χ4n) is 2.82. The average molecular weight is 444 g/mol. The van der Waals surface area contributed by atoms with Gasteiger partial charge in [0.2, 0.25) is 5.91 Å². The number of methoxy groups -OCH3 is 1. The summed E-state index contributed by atoms with van der Waals surface area (Å²) < 4.78 is 6.67. The molecule has 3 aromatic heterocycles. The molecule has 9 heteroatoms. The molecule has 0 unspecified atom stereocenters. The minimum absolute atomic E-state index is 0.102. The number of hydrogen-bond acceptors (Lipinski definition) is 7. The smallest absolute Gasteiger partial charge is 0.263 e. The first-order valence-corrected chi connectivity index (χ1v) is 11.4. The Kier molecular flexibility index (Phi) is 5.70. The summed E-state index contributed by atoms with van der Waals surface area (Å²) in [6.07, 6.45) is 0. The first kappa shape index (κ1) is 19.7. The van der Waals surface area contributed by atoms with Crippen LogP contribution in [0.3, 0.4) is 0 Å². The number of amides is 1. The summed E-state index contributed by atoms with van der Waals surface area (Å²) in [5.41, 5.74) is 1.47. The van der Waals surface area contributed by atoms with E-state index in [9.17, 15) is 9.59 Å². The van der Waals surface area contributed by atoms with Gasteiger partial charge >= 0.3 is 0 Å². The van der Waals surface area contributed by atoms with E-state index in [-0.39, 0.29) is 17.2 Å². The molecule has 1 N–H and O–H groups in total. The summed E-state index contributed by atoms with van der Waals surface area (Å²) in [7, 11) is 3.26. The number of benzene rings is 1. The van der Waals surface area contributed by atoms with Gasteiger partial charge in [-0.1, -0.05) is 23.9 Å². The second-order valence-corrected chi connectivity index (χ2v) is 8.88. The summed E-state index contributed by atoms with van der Waals surface area (Å²) in [6.45, 7) is 0. The van der Waals surface area contributed by atoms with Crippen LogP contribution in [0.5, 0.6) is 5.75 Å². The van der Waals surface area contributed by atoms with E-state index in [0.717, 1.165) is 10.4 Å². The van der Waals surface area contributed by atoms with E-state index in [1.807, 2.05) is 35.0 Å². The molecule has 0 aliphatic carbocycles. The molecule has 0 aliphatic rings. The maximum Gasteiger partial charge on any atom is 0.263 e. The lowest BCUT2D eigenvalue weighted by molar-refractivity contribution is -0.113. The van der Waals surface area contributed by atoms with Crippen LogP contribution in [0.15, 0.2) is 57.1 Å². The first-order valence-electron chi connectivity index (χ1n) is 8.65. The molecule has 148 valence electrons. The molecule has 0 atom stereocenters. The van der Waals surface area contributed by atoms with Gasteiger partial charge in [-0.2, -0.15) is 0 Å². The van der Waals surface area contributed by atoms with Crippen LogP contribution in [0.2, 0.25) is 0 Å². The van der Waals surface area contributed by atoms with Crippen LogP contribution in [-0.4, -0.2) is 28.3 Å². The summed E-state index contributed by atoms with van der Waals surface area (Å²) in [5, 5.41) is 7.93. The third-order valence-corrected chi connectivity index (χ3v) is 7.05. The predicted molar refractivity (Wildman–Crippen MR) is 121 cm³/mol. The van der Waals surface area contributed by atoms with Crippen molar-refractivity contribution in [3.8, 4) is 16.2 Å². The van der Waals surface area contributed by atoms with Crippen LogP contribution < -0.4 is 15.6 Å². The lowest BCUT2D eigenvalue weighted by Crippen LogP contribution is -2.21. The number of nitrogens with one attached hydrogen (secondary N) is 1. The molecule has 6 nitrogen and oxygen atoms in total. The lowest BCUT2D eigenvalue weighted by Gasteiger charge is -2.09. The zero-order valence-electron chi connectivity index (χ0n) is 15.7. The highest BCUT2D eigenvalue weighted by Crippen LogP contribution is 2.34. The van der Waals surface area contributed by atoms with Crippen molar-refractivity contribution in [3.63, 3.8) is 0 Å². The van der Waals surface area contributed by atoms with Crippen molar-refractivity contribution in [2.24, 2.45) is 7.05 Å². The summed E-state index contributed by atoms with van der Waals surface area (Å²) in [6, 6.07) is 11.1. The SMILES string of the molecule is COc1cccc(NC(=O)CSc2nc3scc(-c4cccs4)c3c(=O)n2C)c1. The van der Waals surface area contributed by atoms with Crippen LogP contribution >= 0.6 is 34.4 Å². The molecule has 0 spiro atoms. The van der Waals surface area contributed by atoms with Gasteiger partial charge in [-0.15, -0.1) is 22.7 Å². The molecule has 0 saturated heterocycles. The first-order chi connectivity index (χ1) is 14.1. The molecule has 0 radical (unpaired) electrons. The zero-order valence-corrected chi connectivity index (χ0v) is 18.1. The van der Waals surface area contributed by atoms with Gasteiger partial charge in [0.15, 0.2) is 5.16 Å². The zero-order chi connectivity index (χ0) is 20.4. The Morgan fingerprint density at radius 3 is 2.90 bits per heavy atom. The number of hydrogen-bond donors (Lipinski definition) is 1. The van der Waals surface area contributed by atoms with Gasteiger partial charge in [-0.25, -0.2) is 4.98 Å². The summed E-state index contributed by atoms with van der Waals surface area (Å²) in [5.74, 6) is 0.638. The molecule has 1 amide bonds. The van der Waals surface area contributed by atoms with E-state index in [2.05, 4.69) is 10.3 Å². The Morgan fingerprint density at radius 2 is 2.14 bits per heavy atom. The number of rotatable bonds is 6. The highest BCUT2D eigenvalue weighted by Gasteiger charge is 2.17. The fourth-order valence-corrected chi connectivity index (χ4v) is 5.40. The van der Waals surface area contributed by atoms with Crippen molar-refractivity contribution in [2.45, 2.75) is 5.16 Å². The van der Waals surface area contributed by atoms with Gasteiger partial charge in [-0.3, -0.25) is 14.2 Å². The van der Waals surface area contributed by atoms with Crippen molar-refractivity contribution in [2.75, 3.05) is 18.2 Å². The number of carbonyl (C=O) groups excluding carboxylic acids is 1. The molecule has 3 heterocycles.